The van der Waals surface area contributed by atoms with Crippen LogP contribution in [-0.2, 0) is 14.8 Å². The smallest absolute Gasteiger partial charge is 0.245 e. The van der Waals surface area contributed by atoms with Crippen molar-refractivity contribution in [1.82, 2.24) is 9.62 Å². The molecule has 2 fully saturated rings. The summed E-state index contributed by atoms with van der Waals surface area (Å²) < 4.78 is 38.3. The zero-order valence-electron chi connectivity index (χ0n) is 13.6. The highest BCUT2D eigenvalue weighted by molar-refractivity contribution is 7.88. The predicted molar refractivity (Wildman–Crippen MR) is 89.6 cm³/mol. The third-order valence-electron chi connectivity index (χ3n) is 4.60. The van der Waals surface area contributed by atoms with E-state index in [0.29, 0.717) is 18.5 Å². The fourth-order valence-electron chi connectivity index (χ4n) is 3.00. The molecule has 0 spiro atoms. The van der Waals surface area contributed by atoms with Crippen molar-refractivity contribution in [3.8, 4) is 0 Å². The molecule has 0 radical (unpaired) electrons. The SMILES string of the molecule is CS(=O)(=O)N1CCC(Nc2cccc(F)c2)(C(=O)NC2CC2)CC1. The zero-order valence-corrected chi connectivity index (χ0v) is 14.4. The first-order chi connectivity index (χ1) is 11.3. The number of rotatable bonds is 5. The lowest BCUT2D eigenvalue weighted by atomic mass is 9.86. The van der Waals surface area contributed by atoms with Gasteiger partial charge in [-0.2, -0.15) is 0 Å². The molecule has 1 aromatic carbocycles. The maximum atomic E-state index is 13.5. The number of nitrogens with one attached hydrogen (secondary N) is 2. The van der Waals surface area contributed by atoms with Crippen molar-refractivity contribution in [3.05, 3.63) is 30.1 Å². The maximum absolute atomic E-state index is 13.5. The van der Waals surface area contributed by atoms with E-state index in [9.17, 15) is 17.6 Å². The Balaban J connectivity index is 1.80. The van der Waals surface area contributed by atoms with E-state index in [2.05, 4.69) is 10.6 Å². The van der Waals surface area contributed by atoms with Gasteiger partial charge in [-0.3, -0.25) is 4.79 Å². The summed E-state index contributed by atoms with van der Waals surface area (Å²) in [5, 5.41) is 6.16. The molecule has 6 nitrogen and oxygen atoms in total. The number of carbonyl (C=O) groups excluding carboxylic acids is 1. The van der Waals surface area contributed by atoms with Crippen LogP contribution < -0.4 is 10.6 Å². The van der Waals surface area contributed by atoms with Gasteiger partial charge in [-0.15, -0.1) is 0 Å². The first-order valence-corrected chi connectivity index (χ1v) is 9.93. The highest BCUT2D eigenvalue weighted by atomic mass is 32.2. The van der Waals surface area contributed by atoms with Crippen molar-refractivity contribution >= 4 is 21.6 Å². The third kappa shape index (κ3) is 3.87. The Morgan fingerprint density at radius 1 is 1.29 bits per heavy atom. The molecule has 1 saturated heterocycles. The second-order valence-corrected chi connectivity index (χ2v) is 8.61. The molecule has 1 heterocycles. The van der Waals surface area contributed by atoms with Gasteiger partial charge in [0.05, 0.1) is 6.26 Å². The first-order valence-electron chi connectivity index (χ1n) is 8.08. The number of hydrogen-bond donors (Lipinski definition) is 2. The highest BCUT2D eigenvalue weighted by Crippen LogP contribution is 2.30. The van der Waals surface area contributed by atoms with Crippen molar-refractivity contribution < 1.29 is 17.6 Å². The number of hydrogen-bond acceptors (Lipinski definition) is 4. The molecule has 24 heavy (non-hydrogen) atoms. The van der Waals surface area contributed by atoms with Crippen LogP contribution in [-0.4, -0.2) is 49.6 Å². The third-order valence-corrected chi connectivity index (χ3v) is 5.90. The maximum Gasteiger partial charge on any atom is 0.245 e. The van der Waals surface area contributed by atoms with Crippen LogP contribution >= 0.6 is 0 Å². The van der Waals surface area contributed by atoms with Gasteiger partial charge < -0.3 is 10.6 Å². The van der Waals surface area contributed by atoms with Gasteiger partial charge in [0, 0.05) is 24.8 Å². The molecule has 8 heteroatoms. The number of halogens is 1. The molecule has 2 N–H and O–H groups in total. The number of piperidine rings is 1. The van der Waals surface area contributed by atoms with Crippen molar-refractivity contribution in [1.29, 1.82) is 0 Å². The first kappa shape index (κ1) is 17.2. The van der Waals surface area contributed by atoms with Gasteiger partial charge in [0.2, 0.25) is 15.9 Å². The van der Waals surface area contributed by atoms with Crippen LogP contribution in [0.25, 0.3) is 0 Å². The minimum atomic E-state index is -3.28. The summed E-state index contributed by atoms with van der Waals surface area (Å²) in [6, 6.07) is 6.17. The minimum absolute atomic E-state index is 0.137. The Morgan fingerprint density at radius 2 is 1.96 bits per heavy atom. The van der Waals surface area contributed by atoms with E-state index in [4.69, 9.17) is 0 Å². The predicted octanol–water partition coefficient (Wildman–Crippen LogP) is 1.31. The van der Waals surface area contributed by atoms with E-state index in [1.54, 1.807) is 12.1 Å². The molecular formula is C16H22FN3O3S. The molecule has 1 aliphatic carbocycles. The lowest BCUT2D eigenvalue weighted by molar-refractivity contribution is -0.126. The molecular weight excluding hydrogens is 333 g/mol. The molecule has 1 aromatic rings. The summed E-state index contributed by atoms with van der Waals surface area (Å²) in [7, 11) is -3.28. The summed E-state index contributed by atoms with van der Waals surface area (Å²) in [6.45, 7) is 0.526. The lowest BCUT2D eigenvalue weighted by Gasteiger charge is -2.41. The number of nitrogens with zero attached hydrogens (tertiary/aromatic N) is 1. The number of carbonyl (C=O) groups is 1. The molecule has 0 aromatic heterocycles. The Hall–Kier alpha value is -1.67. The average molecular weight is 355 g/mol. The summed E-state index contributed by atoms with van der Waals surface area (Å²) >= 11 is 0. The van der Waals surface area contributed by atoms with Gasteiger partial charge in [-0.05, 0) is 43.9 Å². The van der Waals surface area contributed by atoms with Gasteiger partial charge >= 0.3 is 0 Å². The van der Waals surface area contributed by atoms with E-state index in [-0.39, 0.29) is 30.9 Å². The fraction of sp³-hybridized carbons (Fsp3) is 0.562. The molecule has 0 atom stereocenters. The van der Waals surface area contributed by atoms with E-state index in [1.165, 1.54) is 22.7 Å². The molecule has 1 aliphatic heterocycles. The number of sulfonamides is 1. The second kappa shape index (κ2) is 6.33. The van der Waals surface area contributed by atoms with E-state index in [0.717, 1.165) is 12.8 Å². The molecule has 0 unspecified atom stereocenters. The van der Waals surface area contributed by atoms with E-state index in [1.807, 2.05) is 0 Å². The van der Waals surface area contributed by atoms with E-state index >= 15 is 0 Å². The van der Waals surface area contributed by atoms with Crippen molar-refractivity contribution in [2.45, 2.75) is 37.3 Å². The summed E-state index contributed by atoms with van der Waals surface area (Å²) in [4.78, 5) is 12.8. The molecule has 3 rings (SSSR count). The molecule has 132 valence electrons. The van der Waals surface area contributed by atoms with Gasteiger partial charge in [0.1, 0.15) is 11.4 Å². The van der Waals surface area contributed by atoms with Crippen molar-refractivity contribution in [2.24, 2.45) is 0 Å². The number of benzene rings is 1. The number of anilines is 1. The van der Waals surface area contributed by atoms with Gasteiger partial charge in [-0.25, -0.2) is 17.1 Å². The Labute approximate surface area is 141 Å². The summed E-state index contributed by atoms with van der Waals surface area (Å²) in [6.07, 6.45) is 3.79. The van der Waals surface area contributed by atoms with Crippen molar-refractivity contribution in [3.63, 3.8) is 0 Å². The van der Waals surface area contributed by atoms with Crippen LogP contribution in [0.2, 0.25) is 0 Å². The van der Waals surface area contributed by atoms with Gasteiger partial charge in [0.25, 0.3) is 0 Å². The average Bonchev–Trinajstić information content (AvgIpc) is 3.31. The number of amides is 1. The fourth-order valence-corrected chi connectivity index (χ4v) is 3.85. The molecule has 2 aliphatic rings. The highest BCUT2D eigenvalue weighted by Gasteiger charge is 2.44. The van der Waals surface area contributed by atoms with Gasteiger partial charge in [-0.1, -0.05) is 6.07 Å². The summed E-state index contributed by atoms with van der Waals surface area (Å²) in [5.41, 5.74) is -0.397. The van der Waals surface area contributed by atoms with Gasteiger partial charge in [0.15, 0.2) is 0 Å². The quantitative estimate of drug-likeness (QED) is 0.835. The topological polar surface area (TPSA) is 78.5 Å². The van der Waals surface area contributed by atoms with Crippen LogP contribution in [0.4, 0.5) is 10.1 Å². The Kier molecular flexibility index (Phi) is 4.52. The van der Waals surface area contributed by atoms with Crippen LogP contribution in [0.5, 0.6) is 0 Å². The lowest BCUT2D eigenvalue weighted by Crippen LogP contribution is -2.59. The standard InChI is InChI=1S/C16H22FN3O3S/c1-24(22,23)20-9-7-16(8-10-20,15(21)18-13-5-6-13)19-14-4-2-3-12(17)11-14/h2-4,11,13,19H,5-10H2,1H3,(H,18,21). The zero-order chi connectivity index (χ0) is 17.4. The minimum Gasteiger partial charge on any atom is -0.371 e. The summed E-state index contributed by atoms with van der Waals surface area (Å²) in [5.74, 6) is -0.520. The molecule has 1 saturated carbocycles. The van der Waals surface area contributed by atoms with Crippen LogP contribution in [0.15, 0.2) is 24.3 Å². The molecule has 1 amide bonds. The van der Waals surface area contributed by atoms with Crippen LogP contribution in [0, 0.1) is 5.82 Å². The monoisotopic (exact) mass is 355 g/mol. The Morgan fingerprint density at radius 3 is 2.50 bits per heavy atom. The van der Waals surface area contributed by atoms with E-state index < -0.39 is 15.6 Å². The van der Waals surface area contributed by atoms with Crippen molar-refractivity contribution in [2.75, 3.05) is 24.7 Å². The normalized spacial score (nSPS) is 21.2. The second-order valence-electron chi connectivity index (χ2n) is 6.63. The largest absolute Gasteiger partial charge is 0.371 e. The Bertz CT molecular complexity index is 726. The van der Waals surface area contributed by atoms with Crippen LogP contribution in [0.3, 0.4) is 0 Å². The molecule has 0 bridgehead atoms. The van der Waals surface area contributed by atoms with Crippen LogP contribution in [0.1, 0.15) is 25.7 Å².